The molecule has 2 aromatic heterocycles. The number of anilines is 1. The van der Waals surface area contributed by atoms with Crippen molar-refractivity contribution >= 4 is 23.2 Å². The second-order valence-electron chi connectivity index (χ2n) is 7.73. The SMILES string of the molecule is O=C(CC1CCCN(c2nc3ncccc3o2)C1)NCCN1CCCCC1. The van der Waals surface area contributed by atoms with Gasteiger partial charge in [0.15, 0.2) is 5.58 Å². The molecule has 27 heavy (non-hydrogen) atoms. The Bertz CT molecular complexity index is 723. The van der Waals surface area contributed by atoms with Gasteiger partial charge in [-0.3, -0.25) is 4.79 Å². The summed E-state index contributed by atoms with van der Waals surface area (Å²) in [6, 6.07) is 4.36. The van der Waals surface area contributed by atoms with Crippen LogP contribution in [0.1, 0.15) is 38.5 Å². The van der Waals surface area contributed by atoms with Gasteiger partial charge in [0, 0.05) is 38.8 Å². The first-order chi connectivity index (χ1) is 13.3. The minimum Gasteiger partial charge on any atom is -0.422 e. The highest BCUT2D eigenvalue weighted by Gasteiger charge is 2.25. The smallest absolute Gasteiger partial charge is 0.299 e. The van der Waals surface area contributed by atoms with Gasteiger partial charge in [-0.25, -0.2) is 4.98 Å². The highest BCUT2D eigenvalue weighted by molar-refractivity contribution is 5.76. The fraction of sp³-hybridized carbons (Fsp3) is 0.650. The van der Waals surface area contributed by atoms with Crippen molar-refractivity contribution in [1.29, 1.82) is 0 Å². The number of carbonyl (C=O) groups excluding carboxylic acids is 1. The van der Waals surface area contributed by atoms with Gasteiger partial charge in [0.25, 0.3) is 6.01 Å². The first kappa shape index (κ1) is 18.2. The monoisotopic (exact) mass is 371 g/mol. The van der Waals surface area contributed by atoms with Gasteiger partial charge < -0.3 is 19.5 Å². The van der Waals surface area contributed by atoms with E-state index in [-0.39, 0.29) is 5.91 Å². The van der Waals surface area contributed by atoms with Crippen LogP contribution in [0, 0.1) is 5.92 Å². The lowest BCUT2D eigenvalue weighted by Gasteiger charge is -2.31. The standard InChI is InChI=1S/C20H29N5O2/c26-18(21-9-13-24-10-2-1-3-11-24)14-16-6-5-12-25(15-16)20-23-19-17(27-20)7-4-8-22-19/h4,7-8,16H,1-3,5-6,9-15H2,(H,21,26). The highest BCUT2D eigenvalue weighted by atomic mass is 16.4. The van der Waals surface area contributed by atoms with E-state index in [0.717, 1.165) is 39.0 Å². The maximum atomic E-state index is 12.3. The molecule has 0 spiro atoms. The number of amides is 1. The topological polar surface area (TPSA) is 74.5 Å². The Labute approximate surface area is 160 Å². The summed E-state index contributed by atoms with van der Waals surface area (Å²) in [5.74, 6) is 0.509. The second-order valence-corrected chi connectivity index (χ2v) is 7.73. The van der Waals surface area contributed by atoms with Crippen LogP contribution in [0.15, 0.2) is 22.7 Å². The molecule has 146 valence electrons. The van der Waals surface area contributed by atoms with Crippen molar-refractivity contribution in [1.82, 2.24) is 20.2 Å². The van der Waals surface area contributed by atoms with Crippen molar-refractivity contribution in [2.75, 3.05) is 44.2 Å². The van der Waals surface area contributed by atoms with Crippen molar-refractivity contribution in [3.05, 3.63) is 18.3 Å². The van der Waals surface area contributed by atoms with Crippen LogP contribution in [-0.2, 0) is 4.79 Å². The average molecular weight is 371 g/mol. The fourth-order valence-corrected chi connectivity index (χ4v) is 4.17. The predicted octanol–water partition coefficient (Wildman–Crippen LogP) is 2.43. The van der Waals surface area contributed by atoms with Crippen molar-refractivity contribution in [3.63, 3.8) is 0 Å². The van der Waals surface area contributed by atoms with E-state index in [1.807, 2.05) is 12.1 Å². The number of nitrogens with zero attached hydrogens (tertiary/aromatic N) is 4. The number of piperidine rings is 2. The molecule has 0 radical (unpaired) electrons. The Morgan fingerprint density at radius 2 is 2.11 bits per heavy atom. The molecule has 0 aliphatic carbocycles. The fourth-order valence-electron chi connectivity index (χ4n) is 4.17. The zero-order valence-electron chi connectivity index (χ0n) is 15.9. The van der Waals surface area contributed by atoms with E-state index in [0.29, 0.717) is 29.6 Å². The molecule has 1 unspecified atom stereocenters. The van der Waals surface area contributed by atoms with E-state index in [2.05, 4.69) is 25.1 Å². The normalized spacial score (nSPS) is 21.5. The molecule has 1 atom stereocenters. The van der Waals surface area contributed by atoms with Crippen molar-refractivity contribution in [3.8, 4) is 0 Å². The van der Waals surface area contributed by atoms with Crippen LogP contribution in [0.2, 0.25) is 0 Å². The Hall–Kier alpha value is -2.15. The van der Waals surface area contributed by atoms with Gasteiger partial charge in [-0.1, -0.05) is 6.42 Å². The number of nitrogens with one attached hydrogen (secondary N) is 1. The number of pyridine rings is 1. The Kier molecular flexibility index (Phi) is 5.87. The Morgan fingerprint density at radius 1 is 1.22 bits per heavy atom. The molecular weight excluding hydrogens is 342 g/mol. The molecule has 1 amide bonds. The van der Waals surface area contributed by atoms with E-state index in [1.54, 1.807) is 6.20 Å². The largest absolute Gasteiger partial charge is 0.422 e. The number of carbonyl (C=O) groups is 1. The summed E-state index contributed by atoms with van der Waals surface area (Å²) in [4.78, 5) is 25.7. The molecule has 1 N–H and O–H groups in total. The average Bonchev–Trinajstić information content (AvgIpc) is 3.13. The van der Waals surface area contributed by atoms with Crippen LogP contribution in [0.4, 0.5) is 6.01 Å². The molecule has 0 aromatic carbocycles. The summed E-state index contributed by atoms with van der Waals surface area (Å²) in [5, 5.41) is 3.11. The maximum absolute atomic E-state index is 12.3. The molecule has 2 fully saturated rings. The minimum absolute atomic E-state index is 0.165. The van der Waals surface area contributed by atoms with Crippen LogP contribution >= 0.6 is 0 Å². The van der Waals surface area contributed by atoms with Crippen LogP contribution in [0.5, 0.6) is 0 Å². The predicted molar refractivity (Wildman–Crippen MR) is 105 cm³/mol. The summed E-state index contributed by atoms with van der Waals surface area (Å²) in [6.07, 6.45) is 8.36. The summed E-state index contributed by atoms with van der Waals surface area (Å²) >= 11 is 0. The number of aromatic nitrogens is 2. The van der Waals surface area contributed by atoms with Gasteiger partial charge in [-0.15, -0.1) is 0 Å². The third-order valence-electron chi connectivity index (χ3n) is 5.62. The van der Waals surface area contributed by atoms with Gasteiger partial charge in [-0.2, -0.15) is 4.98 Å². The Balaban J connectivity index is 1.24. The highest BCUT2D eigenvalue weighted by Crippen LogP contribution is 2.26. The molecule has 2 aliphatic heterocycles. The van der Waals surface area contributed by atoms with Crippen LogP contribution in [0.25, 0.3) is 11.2 Å². The molecule has 2 aliphatic rings. The lowest BCUT2D eigenvalue weighted by molar-refractivity contribution is -0.122. The lowest BCUT2D eigenvalue weighted by Crippen LogP contribution is -2.40. The van der Waals surface area contributed by atoms with Gasteiger partial charge in [-0.05, 0) is 56.8 Å². The van der Waals surface area contributed by atoms with Gasteiger partial charge in [0.05, 0.1) is 0 Å². The number of likely N-dealkylation sites (tertiary alicyclic amines) is 1. The quantitative estimate of drug-likeness (QED) is 0.841. The van der Waals surface area contributed by atoms with Gasteiger partial charge in [0.2, 0.25) is 11.6 Å². The number of rotatable bonds is 6. The van der Waals surface area contributed by atoms with Crippen LogP contribution in [-0.4, -0.2) is 60.0 Å². The van der Waals surface area contributed by atoms with E-state index >= 15 is 0 Å². The molecule has 2 saturated heterocycles. The molecule has 0 bridgehead atoms. The van der Waals surface area contributed by atoms with E-state index in [9.17, 15) is 4.79 Å². The summed E-state index contributed by atoms with van der Waals surface area (Å²) in [5.41, 5.74) is 1.36. The van der Waals surface area contributed by atoms with Gasteiger partial charge in [0.1, 0.15) is 0 Å². The van der Waals surface area contributed by atoms with Crippen molar-refractivity contribution in [2.45, 2.75) is 38.5 Å². The number of oxazole rings is 1. The van der Waals surface area contributed by atoms with Crippen molar-refractivity contribution in [2.24, 2.45) is 5.92 Å². The first-order valence-corrected chi connectivity index (χ1v) is 10.2. The third kappa shape index (κ3) is 4.77. The van der Waals surface area contributed by atoms with Gasteiger partial charge >= 0.3 is 0 Å². The number of fused-ring (bicyclic) bond motifs is 1. The maximum Gasteiger partial charge on any atom is 0.299 e. The summed E-state index contributed by atoms with van der Waals surface area (Å²) < 4.78 is 5.84. The van der Waals surface area contributed by atoms with Crippen LogP contribution < -0.4 is 10.2 Å². The zero-order valence-corrected chi connectivity index (χ0v) is 15.9. The first-order valence-electron chi connectivity index (χ1n) is 10.2. The minimum atomic E-state index is 0.165. The molecule has 4 heterocycles. The third-order valence-corrected chi connectivity index (χ3v) is 5.62. The molecule has 7 heteroatoms. The summed E-state index contributed by atoms with van der Waals surface area (Å²) in [6.45, 7) is 5.80. The lowest BCUT2D eigenvalue weighted by atomic mass is 9.94. The second kappa shape index (κ2) is 8.69. The number of hydrogen-bond acceptors (Lipinski definition) is 6. The molecular formula is C20H29N5O2. The zero-order chi connectivity index (χ0) is 18.5. The van der Waals surface area contributed by atoms with Crippen molar-refractivity contribution < 1.29 is 9.21 Å². The van der Waals surface area contributed by atoms with Crippen LogP contribution in [0.3, 0.4) is 0 Å². The van der Waals surface area contributed by atoms with E-state index in [4.69, 9.17) is 4.42 Å². The summed E-state index contributed by atoms with van der Waals surface area (Å²) in [7, 11) is 0. The molecule has 4 rings (SSSR count). The van der Waals surface area contributed by atoms with E-state index in [1.165, 1.54) is 32.4 Å². The molecule has 2 aromatic rings. The Morgan fingerprint density at radius 3 is 2.96 bits per heavy atom. The molecule has 7 nitrogen and oxygen atoms in total. The van der Waals surface area contributed by atoms with E-state index < -0.39 is 0 Å². The molecule has 0 saturated carbocycles. The number of hydrogen-bond donors (Lipinski definition) is 1.